The summed E-state index contributed by atoms with van der Waals surface area (Å²) in [5.74, 6) is 0. The van der Waals surface area contributed by atoms with Crippen LogP contribution in [0.4, 0.5) is 8.78 Å². The van der Waals surface area contributed by atoms with Crippen molar-refractivity contribution in [2.75, 3.05) is 0 Å². The smallest absolute Gasteiger partial charge is 0.263 e. The lowest BCUT2D eigenvalue weighted by Gasteiger charge is -2.11. The largest absolute Gasteiger partial charge is 0.324 e. The van der Waals surface area contributed by atoms with Crippen molar-refractivity contribution < 1.29 is 8.78 Å². The Morgan fingerprint density at radius 2 is 1.93 bits per heavy atom. The van der Waals surface area contributed by atoms with E-state index >= 15 is 0 Å². The molecule has 0 bridgehead atoms. The molecule has 2 N–H and O–H groups in total. The van der Waals surface area contributed by atoms with Gasteiger partial charge in [-0.05, 0) is 18.1 Å². The highest BCUT2D eigenvalue weighted by Crippen LogP contribution is 2.23. The van der Waals surface area contributed by atoms with Gasteiger partial charge in [-0.15, -0.1) is 0 Å². The predicted octanol–water partition coefficient (Wildman–Crippen LogP) is 3.42. The standard InChI is InChI=1S/C11H15F2N/c1-2-4-10(14)8-5-3-6-9(7-8)11(12)13/h3,5-7,10-11H,2,4,14H2,1H3/t10-/m1/s1. The average Bonchev–Trinajstić information content (AvgIpc) is 2.18. The van der Waals surface area contributed by atoms with Crippen molar-refractivity contribution in [1.82, 2.24) is 0 Å². The lowest BCUT2D eigenvalue weighted by atomic mass is 10.0. The van der Waals surface area contributed by atoms with Gasteiger partial charge in [-0.3, -0.25) is 0 Å². The summed E-state index contributed by atoms with van der Waals surface area (Å²) in [6.07, 6.45) is -0.629. The van der Waals surface area contributed by atoms with Crippen molar-refractivity contribution >= 4 is 0 Å². The highest BCUT2D eigenvalue weighted by molar-refractivity contribution is 5.26. The summed E-state index contributed by atoms with van der Waals surface area (Å²) < 4.78 is 24.7. The molecular weight excluding hydrogens is 184 g/mol. The molecular formula is C11H15F2N. The Morgan fingerprint density at radius 1 is 1.29 bits per heavy atom. The number of hydrogen-bond donors (Lipinski definition) is 1. The van der Waals surface area contributed by atoms with Gasteiger partial charge in [0.15, 0.2) is 0 Å². The molecule has 1 rings (SSSR count). The first kappa shape index (κ1) is 11.1. The minimum atomic E-state index is -2.41. The molecule has 14 heavy (non-hydrogen) atoms. The highest BCUT2D eigenvalue weighted by Gasteiger charge is 2.10. The third kappa shape index (κ3) is 2.77. The van der Waals surface area contributed by atoms with Crippen LogP contribution in [0, 0.1) is 0 Å². The van der Waals surface area contributed by atoms with Crippen molar-refractivity contribution in [1.29, 1.82) is 0 Å². The predicted molar refractivity (Wildman–Crippen MR) is 53.2 cm³/mol. The molecule has 1 atom stereocenters. The summed E-state index contributed by atoms with van der Waals surface area (Å²) in [5.41, 5.74) is 6.68. The molecule has 0 aliphatic rings. The summed E-state index contributed by atoms with van der Waals surface area (Å²) >= 11 is 0. The molecule has 0 radical (unpaired) electrons. The second-order valence-corrected chi connectivity index (χ2v) is 3.37. The van der Waals surface area contributed by atoms with Crippen LogP contribution in [0.15, 0.2) is 24.3 Å². The Hall–Kier alpha value is -0.960. The molecule has 78 valence electrons. The van der Waals surface area contributed by atoms with Gasteiger partial charge in [-0.2, -0.15) is 0 Å². The van der Waals surface area contributed by atoms with Crippen LogP contribution < -0.4 is 5.73 Å². The van der Waals surface area contributed by atoms with Crippen LogP contribution in [0.25, 0.3) is 0 Å². The summed E-state index contributed by atoms with van der Waals surface area (Å²) in [6, 6.07) is 6.22. The van der Waals surface area contributed by atoms with Crippen LogP contribution >= 0.6 is 0 Å². The third-order valence-electron chi connectivity index (χ3n) is 2.19. The maximum Gasteiger partial charge on any atom is 0.263 e. The molecule has 0 amide bonds. The van der Waals surface area contributed by atoms with Gasteiger partial charge >= 0.3 is 0 Å². The molecule has 0 aliphatic heterocycles. The van der Waals surface area contributed by atoms with Crippen LogP contribution in [0.2, 0.25) is 0 Å². The number of benzene rings is 1. The Kier molecular flexibility index (Phi) is 4.01. The van der Waals surface area contributed by atoms with Crippen molar-refractivity contribution in [3.63, 3.8) is 0 Å². The van der Waals surface area contributed by atoms with E-state index < -0.39 is 6.43 Å². The minimum absolute atomic E-state index is 0.0500. The quantitative estimate of drug-likeness (QED) is 0.789. The molecule has 0 heterocycles. The van der Waals surface area contributed by atoms with Crippen LogP contribution in [-0.2, 0) is 0 Å². The van der Waals surface area contributed by atoms with Crippen LogP contribution in [-0.4, -0.2) is 0 Å². The van der Waals surface area contributed by atoms with Gasteiger partial charge in [-0.25, -0.2) is 8.78 Å². The lowest BCUT2D eigenvalue weighted by molar-refractivity contribution is 0.151. The van der Waals surface area contributed by atoms with Gasteiger partial charge in [0.1, 0.15) is 0 Å². The fraction of sp³-hybridized carbons (Fsp3) is 0.455. The molecule has 3 heteroatoms. The lowest BCUT2D eigenvalue weighted by Crippen LogP contribution is -2.09. The highest BCUT2D eigenvalue weighted by atomic mass is 19.3. The van der Waals surface area contributed by atoms with Crippen LogP contribution in [0.1, 0.15) is 43.4 Å². The van der Waals surface area contributed by atoms with E-state index in [1.807, 2.05) is 6.92 Å². The summed E-state index contributed by atoms with van der Waals surface area (Å²) in [6.45, 7) is 2.02. The molecule has 0 saturated heterocycles. The number of alkyl halides is 2. The van der Waals surface area contributed by atoms with Crippen LogP contribution in [0.3, 0.4) is 0 Å². The summed E-state index contributed by atoms with van der Waals surface area (Å²) in [7, 11) is 0. The molecule has 1 aromatic carbocycles. The number of rotatable bonds is 4. The topological polar surface area (TPSA) is 26.0 Å². The fourth-order valence-electron chi connectivity index (χ4n) is 1.40. The van der Waals surface area contributed by atoms with Crippen molar-refractivity contribution in [3.8, 4) is 0 Å². The van der Waals surface area contributed by atoms with E-state index in [1.165, 1.54) is 12.1 Å². The zero-order chi connectivity index (χ0) is 10.6. The number of nitrogens with two attached hydrogens (primary N) is 1. The second-order valence-electron chi connectivity index (χ2n) is 3.37. The van der Waals surface area contributed by atoms with Gasteiger partial charge in [-0.1, -0.05) is 31.5 Å². The van der Waals surface area contributed by atoms with Crippen molar-refractivity contribution in [2.45, 2.75) is 32.2 Å². The molecule has 0 fully saturated rings. The first-order valence-electron chi connectivity index (χ1n) is 4.78. The van der Waals surface area contributed by atoms with Crippen molar-refractivity contribution in [3.05, 3.63) is 35.4 Å². The monoisotopic (exact) mass is 199 g/mol. The molecule has 1 aromatic rings. The van der Waals surface area contributed by atoms with Gasteiger partial charge in [0.05, 0.1) is 0 Å². The zero-order valence-corrected chi connectivity index (χ0v) is 8.21. The van der Waals surface area contributed by atoms with Gasteiger partial charge in [0.2, 0.25) is 0 Å². The Balaban J connectivity index is 2.82. The second kappa shape index (κ2) is 5.05. The normalized spacial score (nSPS) is 13.2. The number of hydrogen-bond acceptors (Lipinski definition) is 1. The van der Waals surface area contributed by atoms with E-state index in [9.17, 15) is 8.78 Å². The summed E-state index contributed by atoms with van der Waals surface area (Å²) in [5, 5.41) is 0. The fourth-order valence-corrected chi connectivity index (χ4v) is 1.40. The molecule has 0 unspecified atom stereocenters. The maximum absolute atomic E-state index is 12.4. The van der Waals surface area contributed by atoms with Gasteiger partial charge in [0, 0.05) is 11.6 Å². The molecule has 0 spiro atoms. The Bertz CT molecular complexity index is 286. The van der Waals surface area contributed by atoms with E-state index in [0.29, 0.717) is 0 Å². The maximum atomic E-state index is 12.4. The first-order chi connectivity index (χ1) is 6.65. The SMILES string of the molecule is CCC[C@@H](N)c1cccc(C(F)F)c1. The zero-order valence-electron chi connectivity index (χ0n) is 8.21. The van der Waals surface area contributed by atoms with E-state index in [-0.39, 0.29) is 11.6 Å². The third-order valence-corrected chi connectivity index (χ3v) is 2.19. The van der Waals surface area contributed by atoms with E-state index in [1.54, 1.807) is 12.1 Å². The molecule has 0 aromatic heterocycles. The Morgan fingerprint density at radius 3 is 2.50 bits per heavy atom. The van der Waals surface area contributed by atoms with E-state index in [4.69, 9.17) is 5.73 Å². The average molecular weight is 199 g/mol. The minimum Gasteiger partial charge on any atom is -0.324 e. The summed E-state index contributed by atoms with van der Waals surface area (Å²) in [4.78, 5) is 0. The molecule has 1 nitrogen and oxygen atoms in total. The number of halogens is 2. The molecule has 0 aliphatic carbocycles. The van der Waals surface area contributed by atoms with E-state index in [2.05, 4.69) is 0 Å². The van der Waals surface area contributed by atoms with Crippen LogP contribution in [0.5, 0.6) is 0 Å². The Labute approximate surface area is 82.9 Å². The van der Waals surface area contributed by atoms with Gasteiger partial charge in [0.25, 0.3) is 6.43 Å². The first-order valence-corrected chi connectivity index (χ1v) is 4.78. The van der Waals surface area contributed by atoms with Gasteiger partial charge < -0.3 is 5.73 Å². The molecule has 0 saturated carbocycles. The van der Waals surface area contributed by atoms with E-state index in [0.717, 1.165) is 18.4 Å². The van der Waals surface area contributed by atoms with Crippen molar-refractivity contribution in [2.24, 2.45) is 5.73 Å².